The van der Waals surface area contributed by atoms with Crippen LogP contribution in [0.25, 0.3) is 10.9 Å². The van der Waals surface area contributed by atoms with Gasteiger partial charge in [-0.2, -0.15) is 0 Å². The van der Waals surface area contributed by atoms with Gasteiger partial charge in [-0.1, -0.05) is 23.8 Å². The van der Waals surface area contributed by atoms with Crippen molar-refractivity contribution in [2.24, 2.45) is 0 Å². The van der Waals surface area contributed by atoms with Gasteiger partial charge in [0.25, 0.3) is 5.91 Å². The van der Waals surface area contributed by atoms with Gasteiger partial charge in [0.15, 0.2) is 5.11 Å². The summed E-state index contributed by atoms with van der Waals surface area (Å²) in [6.07, 6.45) is 1.84. The Labute approximate surface area is 197 Å². The van der Waals surface area contributed by atoms with Crippen LogP contribution in [0.5, 0.6) is 0 Å². The van der Waals surface area contributed by atoms with E-state index in [4.69, 9.17) is 17.0 Å². The van der Waals surface area contributed by atoms with Gasteiger partial charge in [0, 0.05) is 30.5 Å². The summed E-state index contributed by atoms with van der Waals surface area (Å²) in [4.78, 5) is 31.2. The molecule has 0 radical (unpaired) electrons. The lowest BCUT2D eigenvalue weighted by Gasteiger charge is -2.37. The van der Waals surface area contributed by atoms with E-state index in [0.29, 0.717) is 42.8 Å². The summed E-state index contributed by atoms with van der Waals surface area (Å²) in [5.74, 6) is -0.448. The summed E-state index contributed by atoms with van der Waals surface area (Å²) >= 11 is 5.75. The molecule has 2 amide bonds. The van der Waals surface area contributed by atoms with E-state index in [0.717, 1.165) is 16.5 Å². The Morgan fingerprint density at radius 2 is 1.91 bits per heavy atom. The van der Waals surface area contributed by atoms with E-state index in [1.165, 1.54) is 4.90 Å². The average molecular weight is 464 g/mol. The third-order valence-electron chi connectivity index (χ3n) is 5.99. The Kier molecular flexibility index (Phi) is 5.84. The highest BCUT2D eigenvalue weighted by molar-refractivity contribution is 7.80. The van der Waals surface area contributed by atoms with Crippen molar-refractivity contribution in [2.75, 3.05) is 36.5 Å². The second-order valence-corrected chi connectivity index (χ2v) is 8.62. The summed E-state index contributed by atoms with van der Waals surface area (Å²) in [7, 11) is 0. The number of aromatic nitrogens is 1. The summed E-state index contributed by atoms with van der Waals surface area (Å²) in [5.41, 5.74) is 3.41. The lowest BCUT2D eigenvalue weighted by Crippen LogP contribution is -2.54. The zero-order chi connectivity index (χ0) is 22.9. The maximum Gasteiger partial charge on any atom is 0.258 e. The van der Waals surface area contributed by atoms with Gasteiger partial charge in [0.05, 0.1) is 25.3 Å². The first-order chi connectivity index (χ1) is 16.0. The highest BCUT2D eigenvalue weighted by atomic mass is 32.1. The quantitative estimate of drug-likeness (QED) is 0.566. The first-order valence-electron chi connectivity index (χ1n) is 10.9. The minimum Gasteiger partial charge on any atom is -0.379 e. The molecule has 0 spiro atoms. The second kappa shape index (κ2) is 8.93. The van der Waals surface area contributed by atoms with Crippen molar-refractivity contribution in [3.8, 4) is 0 Å². The molecule has 1 aromatic heterocycles. The van der Waals surface area contributed by atoms with Crippen LogP contribution >= 0.6 is 12.2 Å². The van der Waals surface area contributed by atoms with Crippen LogP contribution in [0.1, 0.15) is 12.0 Å². The number of fused-ring (bicyclic) bond motifs is 1. The predicted molar refractivity (Wildman–Crippen MR) is 131 cm³/mol. The number of hydrogen-bond donors (Lipinski definition) is 2. The molecule has 9 heteroatoms. The molecule has 0 bridgehead atoms. The number of morpholine rings is 1. The topological polar surface area (TPSA) is 80.9 Å². The van der Waals surface area contributed by atoms with Crippen molar-refractivity contribution >= 4 is 51.4 Å². The van der Waals surface area contributed by atoms with Gasteiger partial charge in [-0.05, 0) is 54.9 Å². The number of rotatable bonds is 5. The van der Waals surface area contributed by atoms with Crippen molar-refractivity contribution in [1.29, 1.82) is 0 Å². The Bertz CT molecular complexity index is 1200. The lowest BCUT2D eigenvalue weighted by molar-refractivity contribution is -0.130. The monoisotopic (exact) mass is 463 g/mol. The predicted octanol–water partition coefficient (Wildman–Crippen LogP) is 3.05. The van der Waals surface area contributed by atoms with E-state index in [2.05, 4.69) is 10.3 Å². The van der Waals surface area contributed by atoms with Crippen molar-refractivity contribution in [3.05, 3.63) is 60.3 Å². The molecule has 3 aromatic rings. The third-order valence-corrected chi connectivity index (χ3v) is 6.36. The molecule has 1 unspecified atom stereocenters. The number of carbonyl (C=O) groups is 2. The minimum atomic E-state index is -0.717. The Morgan fingerprint density at radius 3 is 2.67 bits per heavy atom. The molecule has 33 heavy (non-hydrogen) atoms. The van der Waals surface area contributed by atoms with E-state index >= 15 is 0 Å². The maximum absolute atomic E-state index is 13.5. The standard InChI is InChI=1S/C24H25N5O3S/c1-16-2-6-19(7-3-16)28-23(31)21(29(24(28)33)27-10-12-32-13-11-27)15-22(30)26-18-5-4-17-8-9-25-20(17)14-18/h2-9,14,21,25H,10-13,15H2,1H3,(H,26,30). The van der Waals surface area contributed by atoms with Crippen LogP contribution in [0.4, 0.5) is 11.4 Å². The number of benzene rings is 2. The molecule has 8 nitrogen and oxygen atoms in total. The average Bonchev–Trinajstić information content (AvgIpc) is 3.37. The minimum absolute atomic E-state index is 0.0124. The van der Waals surface area contributed by atoms with Crippen LogP contribution < -0.4 is 10.2 Å². The fourth-order valence-corrected chi connectivity index (χ4v) is 4.73. The Hall–Kier alpha value is -3.27. The highest BCUT2D eigenvalue weighted by Gasteiger charge is 2.47. The smallest absolute Gasteiger partial charge is 0.258 e. The molecule has 0 aliphatic carbocycles. The number of aryl methyl sites for hydroxylation is 1. The van der Waals surface area contributed by atoms with Crippen LogP contribution in [-0.4, -0.2) is 64.3 Å². The van der Waals surface area contributed by atoms with Crippen molar-refractivity contribution in [3.63, 3.8) is 0 Å². The van der Waals surface area contributed by atoms with E-state index in [1.54, 1.807) is 5.01 Å². The number of carbonyl (C=O) groups excluding carboxylic acids is 2. The molecule has 2 fully saturated rings. The Balaban J connectivity index is 1.39. The number of aromatic amines is 1. The molecule has 0 saturated carbocycles. The van der Waals surface area contributed by atoms with Gasteiger partial charge in [0.1, 0.15) is 6.04 Å². The van der Waals surface area contributed by atoms with Crippen LogP contribution in [0.2, 0.25) is 0 Å². The normalized spacial score (nSPS) is 19.5. The first-order valence-corrected chi connectivity index (χ1v) is 11.4. The number of ether oxygens (including phenoxy) is 1. The van der Waals surface area contributed by atoms with Gasteiger partial charge >= 0.3 is 0 Å². The van der Waals surface area contributed by atoms with E-state index in [1.807, 2.05) is 66.7 Å². The van der Waals surface area contributed by atoms with E-state index in [9.17, 15) is 9.59 Å². The van der Waals surface area contributed by atoms with Gasteiger partial charge in [-0.3, -0.25) is 19.5 Å². The Morgan fingerprint density at radius 1 is 1.15 bits per heavy atom. The second-order valence-electron chi connectivity index (χ2n) is 8.25. The molecule has 2 aromatic carbocycles. The van der Waals surface area contributed by atoms with E-state index in [-0.39, 0.29) is 18.2 Å². The van der Waals surface area contributed by atoms with E-state index < -0.39 is 6.04 Å². The largest absolute Gasteiger partial charge is 0.379 e. The molecule has 3 heterocycles. The fraction of sp³-hybridized carbons (Fsp3) is 0.292. The SMILES string of the molecule is Cc1ccc(N2C(=O)C(CC(=O)Nc3ccc4cc[nH]c4c3)N(N3CCOCC3)C2=S)cc1. The first kappa shape index (κ1) is 21.6. The summed E-state index contributed by atoms with van der Waals surface area (Å²) in [6.45, 7) is 4.30. The number of hydrazine groups is 1. The molecular weight excluding hydrogens is 438 g/mol. The molecule has 2 N–H and O–H groups in total. The molecular formula is C24H25N5O3S. The van der Waals surface area contributed by atoms with Gasteiger partial charge in [0.2, 0.25) is 5.91 Å². The molecule has 2 saturated heterocycles. The van der Waals surface area contributed by atoms with Crippen molar-refractivity contribution in [2.45, 2.75) is 19.4 Å². The lowest BCUT2D eigenvalue weighted by atomic mass is 10.1. The highest BCUT2D eigenvalue weighted by Crippen LogP contribution is 2.29. The zero-order valence-corrected chi connectivity index (χ0v) is 19.1. The third kappa shape index (κ3) is 4.22. The van der Waals surface area contributed by atoms with Gasteiger partial charge < -0.3 is 15.0 Å². The molecule has 2 aliphatic heterocycles. The van der Waals surface area contributed by atoms with Crippen molar-refractivity contribution in [1.82, 2.24) is 15.0 Å². The maximum atomic E-state index is 13.5. The summed E-state index contributed by atoms with van der Waals surface area (Å²) in [6, 6.07) is 14.6. The number of nitrogens with zero attached hydrogens (tertiary/aromatic N) is 3. The number of H-pyrrole nitrogens is 1. The zero-order valence-electron chi connectivity index (χ0n) is 18.3. The number of hydrogen-bond acceptors (Lipinski definition) is 5. The summed E-state index contributed by atoms with van der Waals surface area (Å²) in [5, 5.41) is 8.19. The van der Waals surface area contributed by atoms with Crippen LogP contribution in [0.3, 0.4) is 0 Å². The number of anilines is 2. The number of nitrogens with one attached hydrogen (secondary N) is 2. The number of thiocarbonyl (C=S) groups is 1. The summed E-state index contributed by atoms with van der Waals surface area (Å²) < 4.78 is 5.48. The molecule has 1 atom stereocenters. The van der Waals surface area contributed by atoms with Crippen molar-refractivity contribution < 1.29 is 14.3 Å². The molecule has 2 aliphatic rings. The van der Waals surface area contributed by atoms with Gasteiger partial charge in [-0.25, -0.2) is 5.01 Å². The van der Waals surface area contributed by atoms with Crippen LogP contribution in [0, 0.1) is 6.92 Å². The fourth-order valence-electron chi connectivity index (χ4n) is 4.29. The van der Waals surface area contributed by atoms with Crippen LogP contribution in [0.15, 0.2) is 54.7 Å². The molecule has 170 valence electrons. The molecule has 5 rings (SSSR count). The van der Waals surface area contributed by atoms with Gasteiger partial charge in [-0.15, -0.1) is 0 Å². The number of amides is 2. The van der Waals surface area contributed by atoms with Crippen LogP contribution in [-0.2, 0) is 14.3 Å².